The molecule has 11 heteroatoms. The summed E-state index contributed by atoms with van der Waals surface area (Å²) in [5.41, 5.74) is 3.34. The maximum Gasteiger partial charge on any atom is 0.326 e. The third-order valence-electron chi connectivity index (χ3n) is 7.29. The molecule has 1 amide bonds. The molecule has 1 fully saturated rings. The first-order valence-electron chi connectivity index (χ1n) is 13.1. The zero-order chi connectivity index (χ0) is 28.6. The van der Waals surface area contributed by atoms with Gasteiger partial charge in [-0.3, -0.25) is 9.59 Å². The molecule has 0 saturated carbocycles. The molecule has 0 radical (unpaired) electrons. The molecular weight excluding hydrogens is 556 g/mol. The van der Waals surface area contributed by atoms with Gasteiger partial charge in [-0.05, 0) is 51.1 Å². The maximum absolute atomic E-state index is 14.3. The van der Waals surface area contributed by atoms with Crippen LogP contribution in [0, 0.1) is 12.7 Å². The minimum Gasteiger partial charge on any atom is -0.465 e. The van der Waals surface area contributed by atoms with Crippen molar-refractivity contribution in [2.24, 2.45) is 0 Å². The van der Waals surface area contributed by atoms with Crippen molar-refractivity contribution in [3.63, 3.8) is 0 Å². The van der Waals surface area contributed by atoms with Crippen LogP contribution in [0.25, 0.3) is 0 Å². The summed E-state index contributed by atoms with van der Waals surface area (Å²) in [5.74, 6) is -0.221. The standard InChI is InChI=1S/C29H30Cl2FN5O3/c1-4-40-25(38)17-36-19(3)26(29(39)35-14-12-34(13-15-35)21-10-8-20(32)9-11-21)28(37-24(36)16-18(2)33-37)22-6-5-7-23(30)27(22)31/h5-11,16,28H,4,12-15,17H2,1-3H3. The van der Waals surface area contributed by atoms with E-state index < -0.39 is 12.0 Å². The van der Waals surface area contributed by atoms with Crippen molar-refractivity contribution in [2.75, 3.05) is 49.1 Å². The van der Waals surface area contributed by atoms with Crippen LogP contribution < -0.4 is 9.80 Å². The van der Waals surface area contributed by atoms with E-state index in [1.807, 2.05) is 26.0 Å². The molecule has 3 heterocycles. The van der Waals surface area contributed by atoms with Gasteiger partial charge >= 0.3 is 5.97 Å². The van der Waals surface area contributed by atoms with Gasteiger partial charge in [0.2, 0.25) is 0 Å². The van der Waals surface area contributed by atoms with E-state index in [1.165, 1.54) is 12.1 Å². The number of piperazine rings is 1. The SMILES string of the molecule is CCOC(=O)CN1C(C)=C(C(=O)N2CCN(c3ccc(F)cc3)CC2)C(c2cccc(Cl)c2Cl)n2nc(C)cc21. The number of amides is 1. The van der Waals surface area contributed by atoms with Gasteiger partial charge in [0.15, 0.2) is 0 Å². The molecule has 2 aliphatic rings. The van der Waals surface area contributed by atoms with Crippen LogP contribution in [0.3, 0.4) is 0 Å². The molecule has 1 aromatic heterocycles. The monoisotopic (exact) mass is 585 g/mol. The lowest BCUT2D eigenvalue weighted by atomic mass is 9.93. The number of esters is 1. The number of aromatic nitrogens is 2. The summed E-state index contributed by atoms with van der Waals surface area (Å²) in [6, 6.07) is 12.9. The van der Waals surface area contributed by atoms with Crippen molar-refractivity contribution < 1.29 is 18.7 Å². The van der Waals surface area contributed by atoms with E-state index in [-0.39, 0.29) is 24.9 Å². The van der Waals surface area contributed by atoms with Gasteiger partial charge < -0.3 is 19.4 Å². The van der Waals surface area contributed by atoms with Crippen molar-refractivity contribution in [1.29, 1.82) is 0 Å². The Bertz CT molecular complexity index is 1460. The van der Waals surface area contributed by atoms with E-state index in [0.717, 1.165) is 11.4 Å². The van der Waals surface area contributed by atoms with E-state index in [9.17, 15) is 14.0 Å². The molecule has 1 unspecified atom stereocenters. The number of aryl methyl sites for hydroxylation is 1. The Morgan fingerprint density at radius 2 is 1.75 bits per heavy atom. The molecule has 3 aromatic rings. The second-order valence-electron chi connectivity index (χ2n) is 9.78. The lowest BCUT2D eigenvalue weighted by Crippen LogP contribution is -2.51. The molecule has 2 aromatic carbocycles. The predicted molar refractivity (Wildman–Crippen MR) is 153 cm³/mol. The lowest BCUT2D eigenvalue weighted by Gasteiger charge is -2.41. The fourth-order valence-electron chi connectivity index (χ4n) is 5.35. The fraction of sp³-hybridized carbons (Fsp3) is 0.345. The Labute approximate surface area is 242 Å². The van der Waals surface area contributed by atoms with E-state index in [4.69, 9.17) is 33.0 Å². The second kappa shape index (κ2) is 11.5. The number of benzene rings is 2. The van der Waals surface area contributed by atoms with Gasteiger partial charge in [0, 0.05) is 49.2 Å². The van der Waals surface area contributed by atoms with Gasteiger partial charge in [-0.2, -0.15) is 5.10 Å². The predicted octanol–water partition coefficient (Wildman–Crippen LogP) is 5.23. The number of anilines is 2. The van der Waals surface area contributed by atoms with Crippen molar-refractivity contribution in [3.05, 3.63) is 86.9 Å². The molecule has 40 heavy (non-hydrogen) atoms. The quantitative estimate of drug-likeness (QED) is 0.369. The smallest absolute Gasteiger partial charge is 0.326 e. The minimum absolute atomic E-state index is 0.0735. The number of carbonyl (C=O) groups is 2. The number of carbonyl (C=O) groups excluding carboxylic acids is 2. The molecule has 8 nitrogen and oxygen atoms in total. The zero-order valence-electron chi connectivity index (χ0n) is 22.5. The van der Waals surface area contributed by atoms with Crippen LogP contribution in [0.2, 0.25) is 10.0 Å². The van der Waals surface area contributed by atoms with Gasteiger partial charge in [0.05, 0.1) is 27.9 Å². The molecular formula is C29H30Cl2FN5O3. The molecule has 0 N–H and O–H groups in total. The number of ether oxygens (including phenoxy) is 1. The van der Waals surface area contributed by atoms with Gasteiger partial charge in [-0.15, -0.1) is 0 Å². The van der Waals surface area contributed by atoms with Crippen molar-refractivity contribution in [3.8, 4) is 0 Å². The Balaban J connectivity index is 1.54. The summed E-state index contributed by atoms with van der Waals surface area (Å²) in [6.07, 6.45) is 0. The van der Waals surface area contributed by atoms with E-state index in [1.54, 1.807) is 45.7 Å². The zero-order valence-corrected chi connectivity index (χ0v) is 24.0. The molecule has 210 valence electrons. The topological polar surface area (TPSA) is 70.9 Å². The van der Waals surface area contributed by atoms with Crippen LogP contribution >= 0.6 is 23.2 Å². The average molecular weight is 586 g/mol. The van der Waals surface area contributed by atoms with Crippen LogP contribution in [0.15, 0.2) is 59.8 Å². The van der Waals surface area contributed by atoms with Gasteiger partial charge in [-0.1, -0.05) is 35.3 Å². The number of hydrogen-bond acceptors (Lipinski definition) is 6. The van der Waals surface area contributed by atoms with Gasteiger partial charge in [0.1, 0.15) is 24.2 Å². The average Bonchev–Trinajstić information content (AvgIpc) is 3.33. The third-order valence-corrected chi connectivity index (χ3v) is 8.12. The Kier molecular flexibility index (Phi) is 8.05. The van der Waals surface area contributed by atoms with Crippen molar-refractivity contribution in [1.82, 2.24) is 14.7 Å². The first-order chi connectivity index (χ1) is 19.2. The molecule has 0 aliphatic carbocycles. The molecule has 0 bridgehead atoms. The summed E-state index contributed by atoms with van der Waals surface area (Å²) in [4.78, 5) is 32.7. The largest absolute Gasteiger partial charge is 0.465 e. The minimum atomic E-state index is -0.657. The maximum atomic E-state index is 14.3. The highest BCUT2D eigenvalue weighted by Crippen LogP contribution is 2.43. The van der Waals surface area contributed by atoms with E-state index >= 15 is 0 Å². The first kappa shape index (κ1) is 28.0. The number of fused-ring (bicyclic) bond motifs is 1. The first-order valence-corrected chi connectivity index (χ1v) is 13.9. The fourth-order valence-corrected chi connectivity index (χ4v) is 5.76. The van der Waals surface area contributed by atoms with Crippen molar-refractivity contribution in [2.45, 2.75) is 26.8 Å². The van der Waals surface area contributed by atoms with Crippen LogP contribution in [0.5, 0.6) is 0 Å². The van der Waals surface area contributed by atoms with E-state index in [2.05, 4.69) is 4.90 Å². The third kappa shape index (κ3) is 5.28. The summed E-state index contributed by atoms with van der Waals surface area (Å²) in [6.45, 7) is 7.72. The Morgan fingerprint density at radius 3 is 2.42 bits per heavy atom. The number of hydrogen-bond donors (Lipinski definition) is 0. The number of nitrogens with zero attached hydrogens (tertiary/aromatic N) is 5. The highest BCUT2D eigenvalue weighted by atomic mass is 35.5. The highest BCUT2D eigenvalue weighted by Gasteiger charge is 2.40. The van der Waals surface area contributed by atoms with Gasteiger partial charge in [0.25, 0.3) is 5.91 Å². The lowest BCUT2D eigenvalue weighted by molar-refractivity contribution is -0.141. The summed E-state index contributed by atoms with van der Waals surface area (Å²) >= 11 is 13.1. The number of rotatable bonds is 6. The normalized spacial score (nSPS) is 17.2. The molecule has 5 rings (SSSR count). The highest BCUT2D eigenvalue weighted by molar-refractivity contribution is 6.42. The number of halogens is 3. The molecule has 2 aliphatic heterocycles. The summed E-state index contributed by atoms with van der Waals surface area (Å²) < 4.78 is 20.4. The van der Waals surface area contributed by atoms with Crippen LogP contribution in [-0.2, 0) is 14.3 Å². The van der Waals surface area contributed by atoms with E-state index in [0.29, 0.717) is 58.9 Å². The summed E-state index contributed by atoms with van der Waals surface area (Å²) in [5, 5.41) is 5.44. The Hall–Kier alpha value is -3.56. The van der Waals surface area contributed by atoms with Gasteiger partial charge in [-0.25, -0.2) is 9.07 Å². The molecule has 0 spiro atoms. The Morgan fingerprint density at radius 1 is 1.05 bits per heavy atom. The van der Waals surface area contributed by atoms with Crippen LogP contribution in [0.1, 0.15) is 31.1 Å². The van der Waals surface area contributed by atoms with Crippen LogP contribution in [-0.4, -0.2) is 65.9 Å². The van der Waals surface area contributed by atoms with Crippen molar-refractivity contribution >= 4 is 46.6 Å². The molecule has 1 atom stereocenters. The molecule has 1 saturated heterocycles. The van der Waals surface area contributed by atoms with Crippen LogP contribution in [0.4, 0.5) is 15.9 Å². The second-order valence-corrected chi connectivity index (χ2v) is 10.6. The number of allylic oxidation sites excluding steroid dienone is 1. The summed E-state index contributed by atoms with van der Waals surface area (Å²) in [7, 11) is 0.